The standard InChI is InChI=1S/C23H28N2O3/c1-16-19(13-22(27)24-12-11-18(15-24)28-2)23-20(9-6-10-21(23)26)25(16)14-17-7-4-3-5-8-17/h3-5,7-8,18H,6,9-15H2,1-2H3/t18-/m1/s1. The number of rotatable bonds is 5. The number of ketones is 1. The molecule has 1 aliphatic heterocycles. The Kier molecular flexibility index (Phi) is 5.36. The molecule has 2 aliphatic rings. The van der Waals surface area contributed by atoms with E-state index < -0.39 is 0 Å². The molecule has 0 bridgehead atoms. The van der Waals surface area contributed by atoms with Crippen LogP contribution in [0, 0.1) is 6.92 Å². The highest BCUT2D eigenvalue weighted by Gasteiger charge is 2.31. The first kappa shape index (κ1) is 18.9. The minimum Gasteiger partial charge on any atom is -0.380 e. The fraction of sp³-hybridized carbons (Fsp3) is 0.478. The van der Waals surface area contributed by atoms with Crippen molar-refractivity contribution >= 4 is 11.7 Å². The molecule has 148 valence electrons. The Balaban J connectivity index is 1.65. The number of Topliss-reactive ketones (excluding diaryl/α,β-unsaturated/α-hetero) is 1. The van der Waals surface area contributed by atoms with Crippen LogP contribution in [0.25, 0.3) is 0 Å². The van der Waals surface area contributed by atoms with Gasteiger partial charge in [0.15, 0.2) is 5.78 Å². The summed E-state index contributed by atoms with van der Waals surface area (Å²) in [5, 5.41) is 0. The third-order valence-corrected chi connectivity index (χ3v) is 6.20. The molecule has 1 amide bonds. The predicted octanol–water partition coefficient (Wildman–Crippen LogP) is 3.15. The maximum absolute atomic E-state index is 12.9. The summed E-state index contributed by atoms with van der Waals surface area (Å²) in [7, 11) is 1.70. The summed E-state index contributed by atoms with van der Waals surface area (Å²) in [5.74, 6) is 0.288. The van der Waals surface area contributed by atoms with Gasteiger partial charge in [0.1, 0.15) is 0 Å². The fourth-order valence-electron chi connectivity index (χ4n) is 4.59. The van der Waals surface area contributed by atoms with Gasteiger partial charge in [-0.15, -0.1) is 0 Å². The van der Waals surface area contributed by atoms with E-state index in [9.17, 15) is 9.59 Å². The van der Waals surface area contributed by atoms with Gasteiger partial charge in [-0.3, -0.25) is 9.59 Å². The van der Waals surface area contributed by atoms with E-state index in [1.807, 2.05) is 23.1 Å². The lowest BCUT2D eigenvalue weighted by Gasteiger charge is -2.17. The number of amides is 1. The second kappa shape index (κ2) is 7.92. The third kappa shape index (κ3) is 3.51. The van der Waals surface area contributed by atoms with E-state index in [1.165, 1.54) is 5.56 Å². The summed E-state index contributed by atoms with van der Waals surface area (Å²) in [6.07, 6.45) is 3.68. The molecule has 0 radical (unpaired) electrons. The van der Waals surface area contributed by atoms with Crippen molar-refractivity contribution in [2.45, 2.75) is 51.7 Å². The minimum absolute atomic E-state index is 0.0979. The smallest absolute Gasteiger partial charge is 0.227 e. The van der Waals surface area contributed by atoms with Crippen LogP contribution < -0.4 is 0 Å². The zero-order valence-corrected chi connectivity index (χ0v) is 16.7. The first-order chi connectivity index (χ1) is 13.6. The molecule has 0 unspecified atom stereocenters. The molecule has 4 rings (SSSR count). The van der Waals surface area contributed by atoms with Crippen LogP contribution >= 0.6 is 0 Å². The van der Waals surface area contributed by atoms with Crippen molar-refractivity contribution in [3.05, 3.63) is 58.4 Å². The molecule has 1 fully saturated rings. The largest absolute Gasteiger partial charge is 0.380 e. The van der Waals surface area contributed by atoms with Crippen LogP contribution in [0.15, 0.2) is 30.3 Å². The van der Waals surface area contributed by atoms with E-state index in [-0.39, 0.29) is 17.8 Å². The molecule has 5 heteroatoms. The highest BCUT2D eigenvalue weighted by molar-refractivity contribution is 6.01. The molecule has 0 N–H and O–H groups in total. The Morgan fingerprint density at radius 3 is 2.71 bits per heavy atom. The lowest BCUT2D eigenvalue weighted by molar-refractivity contribution is -0.129. The third-order valence-electron chi connectivity index (χ3n) is 6.20. The van der Waals surface area contributed by atoms with Gasteiger partial charge in [-0.25, -0.2) is 0 Å². The first-order valence-corrected chi connectivity index (χ1v) is 10.2. The van der Waals surface area contributed by atoms with Gasteiger partial charge < -0.3 is 14.2 Å². The fourth-order valence-corrected chi connectivity index (χ4v) is 4.59. The van der Waals surface area contributed by atoms with E-state index in [0.29, 0.717) is 19.4 Å². The number of carbonyl (C=O) groups is 2. The Bertz CT molecular complexity index is 885. The van der Waals surface area contributed by atoms with E-state index in [0.717, 1.165) is 54.9 Å². The molecular formula is C23H28N2O3. The van der Waals surface area contributed by atoms with Crippen molar-refractivity contribution in [2.75, 3.05) is 20.2 Å². The lowest BCUT2D eigenvalue weighted by atomic mass is 9.92. The molecule has 1 aromatic carbocycles. The molecule has 1 aliphatic carbocycles. The second-order valence-electron chi connectivity index (χ2n) is 7.90. The monoisotopic (exact) mass is 380 g/mol. The van der Waals surface area contributed by atoms with Crippen LogP contribution in [0.3, 0.4) is 0 Å². The summed E-state index contributed by atoms with van der Waals surface area (Å²) in [6, 6.07) is 10.3. The topological polar surface area (TPSA) is 51.5 Å². The Morgan fingerprint density at radius 1 is 1.21 bits per heavy atom. The first-order valence-electron chi connectivity index (χ1n) is 10.2. The lowest BCUT2D eigenvalue weighted by Crippen LogP contribution is -2.31. The summed E-state index contributed by atoms with van der Waals surface area (Å²) < 4.78 is 7.65. The maximum Gasteiger partial charge on any atom is 0.227 e. The number of hydrogen-bond donors (Lipinski definition) is 0. The molecule has 0 saturated carbocycles. The van der Waals surface area contributed by atoms with E-state index in [2.05, 4.69) is 23.6 Å². The van der Waals surface area contributed by atoms with Crippen molar-refractivity contribution in [2.24, 2.45) is 0 Å². The summed E-state index contributed by atoms with van der Waals surface area (Å²) in [5.41, 5.74) is 5.12. The predicted molar refractivity (Wildman–Crippen MR) is 108 cm³/mol. The molecule has 1 aromatic heterocycles. The highest BCUT2D eigenvalue weighted by Crippen LogP contribution is 2.31. The van der Waals surface area contributed by atoms with E-state index >= 15 is 0 Å². The average Bonchev–Trinajstić information content (AvgIpc) is 3.29. The van der Waals surface area contributed by atoms with Crippen molar-refractivity contribution in [3.63, 3.8) is 0 Å². The number of ether oxygens (including phenoxy) is 1. The zero-order valence-electron chi connectivity index (χ0n) is 16.7. The average molecular weight is 380 g/mol. The van der Waals surface area contributed by atoms with Gasteiger partial charge in [-0.1, -0.05) is 30.3 Å². The van der Waals surface area contributed by atoms with E-state index in [4.69, 9.17) is 4.74 Å². The van der Waals surface area contributed by atoms with Crippen LogP contribution in [-0.4, -0.2) is 47.5 Å². The highest BCUT2D eigenvalue weighted by atomic mass is 16.5. The number of hydrogen-bond acceptors (Lipinski definition) is 3. The number of methoxy groups -OCH3 is 1. The van der Waals surface area contributed by atoms with Gasteiger partial charge >= 0.3 is 0 Å². The SMILES string of the molecule is CO[C@@H]1CCN(C(=O)Cc2c3c(n(Cc4ccccc4)c2C)CCCC3=O)C1. The molecule has 28 heavy (non-hydrogen) atoms. The number of carbonyl (C=O) groups excluding carboxylic acids is 2. The van der Waals surface area contributed by atoms with Gasteiger partial charge in [0.05, 0.1) is 12.5 Å². The van der Waals surface area contributed by atoms with Crippen LogP contribution in [0.1, 0.15) is 52.1 Å². The molecule has 1 saturated heterocycles. The zero-order chi connectivity index (χ0) is 19.7. The summed E-state index contributed by atoms with van der Waals surface area (Å²) in [6.45, 7) is 4.18. The van der Waals surface area contributed by atoms with Crippen LogP contribution in [0.5, 0.6) is 0 Å². The van der Waals surface area contributed by atoms with Crippen molar-refractivity contribution < 1.29 is 14.3 Å². The number of likely N-dealkylation sites (tertiary alicyclic amines) is 1. The number of aromatic nitrogens is 1. The Hall–Kier alpha value is -2.40. The van der Waals surface area contributed by atoms with Crippen LogP contribution in [-0.2, 0) is 28.9 Å². The van der Waals surface area contributed by atoms with Crippen LogP contribution in [0.4, 0.5) is 0 Å². The number of nitrogens with zero attached hydrogens (tertiary/aromatic N) is 2. The quantitative estimate of drug-likeness (QED) is 0.801. The summed E-state index contributed by atoms with van der Waals surface area (Å²) in [4.78, 5) is 27.6. The van der Waals surface area contributed by atoms with Crippen molar-refractivity contribution in [1.82, 2.24) is 9.47 Å². The van der Waals surface area contributed by atoms with Gasteiger partial charge in [0, 0.05) is 50.1 Å². The molecule has 2 aromatic rings. The molecular weight excluding hydrogens is 352 g/mol. The van der Waals surface area contributed by atoms with Crippen molar-refractivity contribution in [3.8, 4) is 0 Å². The maximum atomic E-state index is 12.9. The normalized spacial score (nSPS) is 19.1. The molecule has 5 nitrogen and oxygen atoms in total. The molecule has 2 heterocycles. The van der Waals surface area contributed by atoms with Gasteiger partial charge in [-0.05, 0) is 37.3 Å². The number of fused-ring (bicyclic) bond motifs is 1. The van der Waals surface area contributed by atoms with Gasteiger partial charge in [0.25, 0.3) is 0 Å². The minimum atomic E-state index is 0.0979. The van der Waals surface area contributed by atoms with Gasteiger partial charge in [0.2, 0.25) is 5.91 Å². The van der Waals surface area contributed by atoms with Crippen LogP contribution in [0.2, 0.25) is 0 Å². The molecule has 1 atom stereocenters. The van der Waals surface area contributed by atoms with Crippen molar-refractivity contribution in [1.29, 1.82) is 0 Å². The van der Waals surface area contributed by atoms with E-state index in [1.54, 1.807) is 7.11 Å². The Labute approximate surface area is 166 Å². The van der Waals surface area contributed by atoms with Gasteiger partial charge in [-0.2, -0.15) is 0 Å². The summed E-state index contributed by atoms with van der Waals surface area (Å²) >= 11 is 0. The number of benzene rings is 1. The Morgan fingerprint density at radius 2 is 2.00 bits per heavy atom. The second-order valence-corrected chi connectivity index (χ2v) is 7.90. The molecule has 0 spiro atoms.